The van der Waals surface area contributed by atoms with Crippen molar-refractivity contribution in [3.8, 4) is 0 Å². The summed E-state index contributed by atoms with van der Waals surface area (Å²) < 4.78 is 27.7. The summed E-state index contributed by atoms with van der Waals surface area (Å²) in [6, 6.07) is 20.6. The largest absolute Gasteiger partial charge is 0.352 e. The van der Waals surface area contributed by atoms with Crippen LogP contribution < -0.4 is 9.62 Å². The van der Waals surface area contributed by atoms with Gasteiger partial charge in [-0.3, -0.25) is 13.9 Å². The first-order chi connectivity index (χ1) is 20.0. The first-order valence-electron chi connectivity index (χ1n) is 13.8. The van der Waals surface area contributed by atoms with E-state index in [0.717, 1.165) is 58.3 Å². The van der Waals surface area contributed by atoms with Crippen molar-refractivity contribution in [3.05, 3.63) is 98.4 Å². The number of nitrogens with one attached hydrogen (secondary N) is 1. The number of benzene rings is 3. The van der Waals surface area contributed by atoms with Gasteiger partial charge >= 0.3 is 0 Å². The Balaban J connectivity index is 1.73. The van der Waals surface area contributed by atoms with Gasteiger partial charge in [-0.1, -0.05) is 101 Å². The lowest BCUT2D eigenvalue weighted by Crippen LogP contribution is -2.55. The van der Waals surface area contributed by atoms with Crippen LogP contribution in [0.25, 0.3) is 0 Å². The highest BCUT2D eigenvalue weighted by Gasteiger charge is 2.34. The number of hydrogen-bond acceptors (Lipinski definition) is 4. The van der Waals surface area contributed by atoms with Crippen LogP contribution in [0.15, 0.2) is 77.3 Å². The average Bonchev–Trinajstić information content (AvgIpc) is 2.95. The van der Waals surface area contributed by atoms with E-state index in [4.69, 9.17) is 23.2 Å². The smallest absolute Gasteiger partial charge is 0.244 e. The molecule has 0 spiro atoms. The molecular formula is C31H34BrCl2N3O4S. The van der Waals surface area contributed by atoms with Crippen LogP contribution in [0.4, 0.5) is 5.69 Å². The summed E-state index contributed by atoms with van der Waals surface area (Å²) in [6.45, 7) is -0.417. The lowest BCUT2D eigenvalue weighted by Gasteiger charge is -2.35. The maximum absolute atomic E-state index is 14.2. The van der Waals surface area contributed by atoms with Gasteiger partial charge in [0.2, 0.25) is 21.8 Å². The maximum Gasteiger partial charge on any atom is 0.244 e. The number of anilines is 1. The van der Waals surface area contributed by atoms with E-state index in [1.807, 2.05) is 54.6 Å². The van der Waals surface area contributed by atoms with Gasteiger partial charge in [0.15, 0.2) is 0 Å². The van der Waals surface area contributed by atoms with E-state index in [2.05, 4.69) is 21.2 Å². The van der Waals surface area contributed by atoms with Crippen molar-refractivity contribution in [2.24, 2.45) is 0 Å². The first-order valence-corrected chi connectivity index (χ1v) is 17.2. The van der Waals surface area contributed by atoms with Crippen LogP contribution in [-0.2, 0) is 32.6 Å². The lowest BCUT2D eigenvalue weighted by molar-refractivity contribution is -0.140. The van der Waals surface area contributed by atoms with Gasteiger partial charge in [-0.25, -0.2) is 8.42 Å². The second kappa shape index (κ2) is 14.7. The molecule has 0 aromatic heterocycles. The molecule has 1 N–H and O–H groups in total. The number of rotatable bonds is 11. The Hall–Kier alpha value is -2.59. The van der Waals surface area contributed by atoms with Crippen LogP contribution in [0.5, 0.6) is 0 Å². The highest BCUT2D eigenvalue weighted by molar-refractivity contribution is 9.10. The quantitative estimate of drug-likeness (QED) is 0.245. The third kappa shape index (κ3) is 8.96. The van der Waals surface area contributed by atoms with Gasteiger partial charge in [0, 0.05) is 23.5 Å². The van der Waals surface area contributed by atoms with Crippen LogP contribution in [-0.4, -0.2) is 50.0 Å². The molecule has 1 atom stereocenters. The molecule has 11 heteroatoms. The molecule has 1 aliphatic rings. The van der Waals surface area contributed by atoms with Crippen LogP contribution in [0.1, 0.15) is 43.2 Å². The zero-order chi connectivity index (χ0) is 30.3. The SMILES string of the molecule is CS(=O)(=O)N(CC(=O)N(Cc1cccc(Br)c1)[C@H](Cc1ccccc1)C(=O)NC1CCCCC1)c1ccc(Cl)c(Cl)c1. The van der Waals surface area contributed by atoms with Crippen molar-refractivity contribution in [2.45, 2.75) is 57.2 Å². The first kappa shape index (κ1) is 32.3. The molecule has 1 saturated carbocycles. The standard InChI is InChI=1S/C31H34BrCl2N3O4S/c1-42(40,41)37(26-15-16-27(33)28(34)19-26)21-30(38)36(20-23-11-8-12-24(32)17-23)29(18-22-9-4-2-5-10-22)31(39)35-25-13-6-3-7-14-25/h2,4-5,8-12,15-17,19,25,29H,3,6-7,13-14,18,20-21H2,1H3,(H,35,39)/t29-/m1/s1. The van der Waals surface area contributed by atoms with Gasteiger partial charge < -0.3 is 10.2 Å². The average molecular weight is 696 g/mol. The number of halogens is 3. The molecule has 224 valence electrons. The fourth-order valence-electron chi connectivity index (χ4n) is 5.18. The van der Waals surface area contributed by atoms with Gasteiger partial charge in [0.25, 0.3) is 0 Å². The minimum Gasteiger partial charge on any atom is -0.352 e. The van der Waals surface area contributed by atoms with E-state index >= 15 is 0 Å². The zero-order valence-corrected chi connectivity index (χ0v) is 27.2. The Labute approximate surface area is 266 Å². The topological polar surface area (TPSA) is 86.8 Å². The van der Waals surface area contributed by atoms with E-state index in [9.17, 15) is 18.0 Å². The van der Waals surface area contributed by atoms with Crippen molar-refractivity contribution < 1.29 is 18.0 Å². The van der Waals surface area contributed by atoms with Crippen molar-refractivity contribution in [1.29, 1.82) is 0 Å². The summed E-state index contributed by atoms with van der Waals surface area (Å²) in [5.74, 6) is -0.777. The normalized spacial score (nSPS) is 14.7. The third-order valence-corrected chi connectivity index (χ3v) is 9.71. The Morgan fingerprint density at radius 3 is 2.26 bits per heavy atom. The van der Waals surface area contributed by atoms with Crippen LogP contribution >= 0.6 is 39.1 Å². The molecule has 3 aromatic carbocycles. The molecule has 0 aliphatic heterocycles. The summed E-state index contributed by atoms with van der Waals surface area (Å²) in [7, 11) is -3.91. The summed E-state index contributed by atoms with van der Waals surface area (Å²) >= 11 is 15.8. The zero-order valence-electron chi connectivity index (χ0n) is 23.3. The van der Waals surface area contributed by atoms with E-state index in [-0.39, 0.29) is 40.6 Å². The molecule has 42 heavy (non-hydrogen) atoms. The van der Waals surface area contributed by atoms with E-state index < -0.39 is 28.5 Å². The van der Waals surface area contributed by atoms with Crippen molar-refractivity contribution in [3.63, 3.8) is 0 Å². The van der Waals surface area contributed by atoms with Gasteiger partial charge in [0.05, 0.1) is 22.0 Å². The maximum atomic E-state index is 14.2. The van der Waals surface area contributed by atoms with Crippen LogP contribution in [0.2, 0.25) is 10.0 Å². The molecule has 7 nitrogen and oxygen atoms in total. The summed E-state index contributed by atoms with van der Waals surface area (Å²) in [6.07, 6.45) is 6.31. The minimum atomic E-state index is -3.91. The Morgan fingerprint density at radius 2 is 1.62 bits per heavy atom. The van der Waals surface area contributed by atoms with Gasteiger partial charge in [-0.2, -0.15) is 0 Å². The number of amides is 2. The van der Waals surface area contributed by atoms with Crippen molar-refractivity contribution >= 4 is 66.7 Å². The third-order valence-electron chi connectivity index (χ3n) is 7.33. The predicted octanol–water partition coefficient (Wildman–Crippen LogP) is 6.61. The molecule has 0 bridgehead atoms. The highest BCUT2D eigenvalue weighted by Crippen LogP contribution is 2.29. The molecular weight excluding hydrogens is 661 g/mol. The van der Waals surface area contributed by atoms with E-state index in [1.54, 1.807) is 0 Å². The summed E-state index contributed by atoms with van der Waals surface area (Å²) in [5.41, 5.74) is 1.88. The molecule has 2 amide bonds. The fourth-order valence-corrected chi connectivity index (χ4v) is 6.76. The number of carbonyl (C=O) groups excluding carboxylic acids is 2. The number of sulfonamides is 1. The molecule has 0 unspecified atom stereocenters. The molecule has 1 aliphatic carbocycles. The monoisotopic (exact) mass is 693 g/mol. The molecule has 1 fully saturated rings. The van der Waals surface area contributed by atoms with Gasteiger partial charge in [0.1, 0.15) is 12.6 Å². The van der Waals surface area contributed by atoms with E-state index in [0.29, 0.717) is 0 Å². The molecule has 0 saturated heterocycles. The van der Waals surface area contributed by atoms with Gasteiger partial charge in [-0.15, -0.1) is 0 Å². The Kier molecular flexibility index (Phi) is 11.3. The van der Waals surface area contributed by atoms with Crippen molar-refractivity contribution in [2.75, 3.05) is 17.1 Å². The minimum absolute atomic E-state index is 0.0380. The molecule has 4 rings (SSSR count). The predicted molar refractivity (Wildman–Crippen MR) is 172 cm³/mol. The Bertz CT molecular complexity index is 1500. The van der Waals surface area contributed by atoms with Crippen molar-refractivity contribution in [1.82, 2.24) is 10.2 Å². The molecule has 0 radical (unpaired) electrons. The molecule has 3 aromatic rings. The van der Waals surface area contributed by atoms with Crippen LogP contribution in [0.3, 0.4) is 0 Å². The van der Waals surface area contributed by atoms with Crippen LogP contribution in [0, 0.1) is 0 Å². The second-order valence-electron chi connectivity index (χ2n) is 10.6. The highest BCUT2D eigenvalue weighted by atomic mass is 79.9. The number of nitrogens with zero attached hydrogens (tertiary/aromatic N) is 2. The summed E-state index contributed by atoms with van der Waals surface area (Å²) in [4.78, 5) is 29.7. The lowest BCUT2D eigenvalue weighted by atomic mass is 9.94. The summed E-state index contributed by atoms with van der Waals surface area (Å²) in [5, 5.41) is 3.62. The number of carbonyl (C=O) groups is 2. The van der Waals surface area contributed by atoms with E-state index in [1.165, 1.54) is 23.1 Å². The number of hydrogen-bond donors (Lipinski definition) is 1. The Morgan fingerprint density at radius 1 is 0.929 bits per heavy atom. The van der Waals surface area contributed by atoms with Gasteiger partial charge in [-0.05, 0) is 54.3 Å². The fraction of sp³-hybridized carbons (Fsp3) is 0.355. The molecule has 0 heterocycles. The second-order valence-corrected chi connectivity index (χ2v) is 14.2.